The monoisotopic (exact) mass is 265 g/mol. The Labute approximate surface area is 108 Å². The van der Waals surface area contributed by atoms with E-state index in [0.29, 0.717) is 5.65 Å². The van der Waals surface area contributed by atoms with Gasteiger partial charge in [-0.05, 0) is 6.42 Å². The predicted molar refractivity (Wildman–Crippen MR) is 67.3 cm³/mol. The summed E-state index contributed by atoms with van der Waals surface area (Å²) in [4.78, 5) is 22.3. The summed E-state index contributed by atoms with van der Waals surface area (Å²) in [5, 5.41) is 9.16. The van der Waals surface area contributed by atoms with Crippen LogP contribution in [-0.2, 0) is 4.74 Å². The summed E-state index contributed by atoms with van der Waals surface area (Å²) in [6, 6.07) is 0. The molecule has 0 aromatic carbocycles. The molecule has 8 nitrogen and oxygen atoms in total. The van der Waals surface area contributed by atoms with E-state index < -0.39 is 0 Å². The lowest BCUT2D eigenvalue weighted by molar-refractivity contribution is -0.0294. The highest BCUT2D eigenvalue weighted by molar-refractivity contribution is 5.70. The Morgan fingerprint density at radius 1 is 1.68 bits per heavy atom. The molecule has 2 aromatic heterocycles. The maximum atomic E-state index is 11.7. The minimum atomic E-state index is -0.370. The number of H-pyrrole nitrogens is 1. The molecule has 102 valence electrons. The van der Waals surface area contributed by atoms with Gasteiger partial charge in [-0.2, -0.15) is 4.98 Å². The van der Waals surface area contributed by atoms with E-state index in [1.54, 1.807) is 4.57 Å². The highest BCUT2D eigenvalue weighted by Gasteiger charge is 2.34. The van der Waals surface area contributed by atoms with Crippen molar-refractivity contribution in [2.75, 3.05) is 12.3 Å². The topological polar surface area (TPSA) is 119 Å². The number of aromatic nitrogens is 4. The summed E-state index contributed by atoms with van der Waals surface area (Å²) in [7, 11) is 0. The summed E-state index contributed by atoms with van der Waals surface area (Å²) >= 11 is 0. The van der Waals surface area contributed by atoms with E-state index in [1.165, 1.54) is 6.33 Å². The molecular formula is C11H15N5O3. The number of nitrogens with zero attached hydrogens (tertiary/aromatic N) is 3. The second-order valence-electron chi connectivity index (χ2n) is 4.82. The summed E-state index contributed by atoms with van der Waals surface area (Å²) in [5.74, 6) is 0.237. The van der Waals surface area contributed by atoms with Crippen LogP contribution in [0.2, 0.25) is 0 Å². The molecule has 3 rings (SSSR count). The zero-order valence-electron chi connectivity index (χ0n) is 10.4. The lowest BCUT2D eigenvalue weighted by atomic mass is 10.1. The van der Waals surface area contributed by atoms with Crippen molar-refractivity contribution >= 4 is 17.1 Å². The Morgan fingerprint density at radius 3 is 3.16 bits per heavy atom. The van der Waals surface area contributed by atoms with E-state index in [1.807, 2.05) is 6.92 Å². The van der Waals surface area contributed by atoms with Crippen molar-refractivity contribution in [2.45, 2.75) is 25.7 Å². The Morgan fingerprint density at radius 2 is 2.47 bits per heavy atom. The molecule has 1 saturated heterocycles. The number of nitrogens with one attached hydrogen (secondary N) is 1. The van der Waals surface area contributed by atoms with Crippen molar-refractivity contribution in [1.82, 2.24) is 19.5 Å². The molecule has 2 aromatic rings. The number of rotatable bonds is 2. The van der Waals surface area contributed by atoms with Crippen LogP contribution in [-0.4, -0.2) is 37.3 Å². The van der Waals surface area contributed by atoms with Crippen molar-refractivity contribution in [1.29, 1.82) is 0 Å². The van der Waals surface area contributed by atoms with Crippen LogP contribution in [0, 0.1) is 5.92 Å². The summed E-state index contributed by atoms with van der Waals surface area (Å²) in [5.41, 5.74) is 5.81. The van der Waals surface area contributed by atoms with Gasteiger partial charge in [-0.15, -0.1) is 0 Å². The number of hydrogen-bond acceptors (Lipinski definition) is 6. The smallest absolute Gasteiger partial charge is 0.280 e. The van der Waals surface area contributed by atoms with Gasteiger partial charge in [0.25, 0.3) is 5.56 Å². The van der Waals surface area contributed by atoms with Crippen LogP contribution < -0.4 is 11.3 Å². The number of aliphatic hydroxyl groups excluding tert-OH is 1. The standard InChI is InChI=1S/C11H15N5O3/c1-5-2-6(3-17)19-10(5)16-4-13-7-8(16)14-11(12)15-9(7)18/h4-6,10,17H,2-3H2,1H3,(H3,12,14,15,18). The Bertz CT molecular complexity index is 664. The third-order valence-corrected chi connectivity index (χ3v) is 3.38. The molecule has 8 heteroatoms. The molecule has 4 N–H and O–H groups in total. The van der Waals surface area contributed by atoms with E-state index in [2.05, 4.69) is 15.0 Å². The van der Waals surface area contributed by atoms with Gasteiger partial charge in [0.05, 0.1) is 19.0 Å². The molecule has 0 amide bonds. The highest BCUT2D eigenvalue weighted by Crippen LogP contribution is 2.34. The molecule has 0 saturated carbocycles. The summed E-state index contributed by atoms with van der Waals surface area (Å²) < 4.78 is 7.43. The minimum Gasteiger partial charge on any atom is -0.394 e. The number of fused-ring (bicyclic) bond motifs is 1. The van der Waals surface area contributed by atoms with Crippen molar-refractivity contribution < 1.29 is 9.84 Å². The summed E-state index contributed by atoms with van der Waals surface area (Å²) in [6.07, 6.45) is 1.78. The first-order valence-corrected chi connectivity index (χ1v) is 6.08. The van der Waals surface area contributed by atoms with Gasteiger partial charge in [0.2, 0.25) is 5.95 Å². The van der Waals surface area contributed by atoms with Crippen LogP contribution in [0.4, 0.5) is 5.95 Å². The first-order chi connectivity index (χ1) is 9.10. The van der Waals surface area contributed by atoms with E-state index in [4.69, 9.17) is 15.6 Å². The van der Waals surface area contributed by atoms with Crippen LogP contribution in [0.1, 0.15) is 19.6 Å². The molecule has 0 radical (unpaired) electrons. The Kier molecular flexibility index (Phi) is 2.76. The van der Waals surface area contributed by atoms with Crippen LogP contribution in [0.5, 0.6) is 0 Å². The van der Waals surface area contributed by atoms with Crippen LogP contribution in [0.15, 0.2) is 11.1 Å². The lowest BCUT2D eigenvalue weighted by Crippen LogP contribution is -2.17. The normalized spacial score (nSPS) is 27.2. The molecule has 1 aliphatic rings. The van der Waals surface area contributed by atoms with Gasteiger partial charge in [-0.1, -0.05) is 6.92 Å². The van der Waals surface area contributed by atoms with Gasteiger partial charge in [0, 0.05) is 5.92 Å². The number of aliphatic hydroxyl groups is 1. The second-order valence-corrected chi connectivity index (χ2v) is 4.82. The van der Waals surface area contributed by atoms with Gasteiger partial charge in [0.1, 0.15) is 6.23 Å². The zero-order chi connectivity index (χ0) is 13.6. The van der Waals surface area contributed by atoms with E-state index in [0.717, 1.165) is 6.42 Å². The number of nitrogens with two attached hydrogens (primary N) is 1. The van der Waals surface area contributed by atoms with Gasteiger partial charge < -0.3 is 15.6 Å². The number of imidazole rings is 1. The Hall–Kier alpha value is -1.93. The van der Waals surface area contributed by atoms with Crippen molar-refractivity contribution in [3.05, 3.63) is 16.7 Å². The fourth-order valence-electron chi connectivity index (χ4n) is 2.50. The zero-order valence-corrected chi connectivity index (χ0v) is 10.4. The third kappa shape index (κ3) is 1.89. The molecule has 1 aliphatic heterocycles. The average molecular weight is 265 g/mol. The van der Waals surface area contributed by atoms with Crippen LogP contribution in [0.3, 0.4) is 0 Å². The molecule has 3 atom stereocenters. The van der Waals surface area contributed by atoms with Crippen molar-refractivity contribution in [3.63, 3.8) is 0 Å². The molecular weight excluding hydrogens is 250 g/mol. The Balaban J connectivity index is 2.09. The van der Waals surface area contributed by atoms with E-state index >= 15 is 0 Å². The molecule has 0 spiro atoms. The minimum absolute atomic E-state index is 0.0242. The lowest BCUT2D eigenvalue weighted by Gasteiger charge is -2.17. The maximum absolute atomic E-state index is 11.7. The molecule has 1 fully saturated rings. The number of hydrogen-bond donors (Lipinski definition) is 3. The molecule has 3 heterocycles. The predicted octanol–water partition coefficient (Wildman–Crippen LogP) is -0.382. The fourth-order valence-corrected chi connectivity index (χ4v) is 2.50. The first-order valence-electron chi connectivity index (χ1n) is 6.08. The molecule has 3 unspecified atom stereocenters. The third-order valence-electron chi connectivity index (χ3n) is 3.38. The van der Waals surface area contributed by atoms with Gasteiger partial charge in [-0.25, -0.2) is 4.98 Å². The first kappa shape index (κ1) is 12.1. The fraction of sp³-hybridized carbons (Fsp3) is 0.545. The van der Waals surface area contributed by atoms with Crippen molar-refractivity contribution in [2.24, 2.45) is 5.92 Å². The van der Waals surface area contributed by atoms with Crippen LogP contribution in [0.25, 0.3) is 11.2 Å². The summed E-state index contributed by atoms with van der Waals surface area (Å²) in [6.45, 7) is 1.99. The molecule has 19 heavy (non-hydrogen) atoms. The quantitative estimate of drug-likeness (QED) is 0.680. The number of nitrogen functional groups attached to an aromatic ring is 1. The van der Waals surface area contributed by atoms with E-state index in [9.17, 15) is 4.79 Å². The van der Waals surface area contributed by atoms with Crippen LogP contribution >= 0.6 is 0 Å². The second kappa shape index (κ2) is 4.32. The number of aromatic amines is 1. The molecule has 0 aliphatic carbocycles. The SMILES string of the molecule is CC1CC(CO)OC1n1cnc2c(=O)[nH]c(N)nc21. The average Bonchev–Trinajstić information content (AvgIpc) is 2.92. The van der Waals surface area contributed by atoms with Gasteiger partial charge >= 0.3 is 0 Å². The van der Waals surface area contributed by atoms with E-state index in [-0.39, 0.29) is 41.9 Å². The highest BCUT2D eigenvalue weighted by atomic mass is 16.5. The maximum Gasteiger partial charge on any atom is 0.280 e. The number of anilines is 1. The van der Waals surface area contributed by atoms with Crippen molar-refractivity contribution in [3.8, 4) is 0 Å². The van der Waals surface area contributed by atoms with Gasteiger partial charge in [-0.3, -0.25) is 14.3 Å². The van der Waals surface area contributed by atoms with Gasteiger partial charge in [0.15, 0.2) is 11.2 Å². The number of ether oxygens (including phenoxy) is 1. The molecule has 0 bridgehead atoms. The largest absolute Gasteiger partial charge is 0.394 e.